The Hall–Kier alpha value is -0.990. The molecule has 7 nitrogen and oxygen atoms in total. The number of hydrogen-bond donors (Lipinski definition) is 3. The Bertz CT molecular complexity index is 647. The van der Waals surface area contributed by atoms with Crippen molar-refractivity contribution in [3.05, 3.63) is 12.2 Å². The summed E-state index contributed by atoms with van der Waals surface area (Å²) in [7, 11) is 2.84. The van der Waals surface area contributed by atoms with E-state index in [2.05, 4.69) is 13.5 Å². The van der Waals surface area contributed by atoms with E-state index in [4.69, 9.17) is 14.2 Å². The summed E-state index contributed by atoms with van der Waals surface area (Å²) in [6.45, 7) is 8.37. The van der Waals surface area contributed by atoms with Crippen molar-refractivity contribution in [2.75, 3.05) is 14.2 Å². The molecule has 0 bridgehead atoms. The summed E-state index contributed by atoms with van der Waals surface area (Å²) in [5, 5.41) is 31.7. The number of aliphatic hydroxyl groups excluding tert-OH is 1. The fraction of sp³-hybridized carbons (Fsp3) is 0.864. The normalized spacial score (nSPS) is 47.8. The number of carbonyl (C=O) groups is 1. The number of fused-ring (bicyclic) bond motifs is 1. The molecule has 0 unspecified atom stereocenters. The first-order chi connectivity index (χ1) is 13.5. The zero-order chi connectivity index (χ0) is 21.6. The lowest BCUT2D eigenvalue weighted by Crippen LogP contribution is -2.54. The van der Waals surface area contributed by atoms with Crippen molar-refractivity contribution in [2.45, 2.75) is 83.1 Å². The summed E-state index contributed by atoms with van der Waals surface area (Å²) in [4.78, 5) is 12.1. The average molecular weight is 413 g/mol. The van der Waals surface area contributed by atoms with Gasteiger partial charge in [0.15, 0.2) is 12.6 Å². The topological polar surface area (TPSA) is 105 Å². The van der Waals surface area contributed by atoms with Crippen LogP contribution in [0.15, 0.2) is 12.2 Å². The maximum atomic E-state index is 12.1. The summed E-state index contributed by atoms with van der Waals surface area (Å²) < 4.78 is 15.9. The molecule has 0 spiro atoms. The van der Waals surface area contributed by atoms with Crippen LogP contribution in [0.5, 0.6) is 0 Å². The van der Waals surface area contributed by atoms with E-state index < -0.39 is 35.7 Å². The fourth-order valence-corrected chi connectivity index (χ4v) is 6.51. The fourth-order valence-electron chi connectivity index (χ4n) is 6.51. The standard InChI is InChI=1S/C22H36O7/c1-13-7-8-15-20(2,10-6-11-21(15,3)18(24)25)14(13)9-12-22(26)16(23)17(27-4)29-19(22)28-5/h14-17,19,23,26H,1,6-12H2,2-5H3,(H,24,25)/t14-,15-,16-,17-,19-,20-,21+,22-/m1/s1. The largest absolute Gasteiger partial charge is 0.481 e. The number of methoxy groups -OCH3 is 2. The van der Waals surface area contributed by atoms with Crippen LogP contribution in [0.25, 0.3) is 0 Å². The van der Waals surface area contributed by atoms with Gasteiger partial charge in [0.05, 0.1) is 5.41 Å². The molecule has 0 radical (unpaired) electrons. The van der Waals surface area contributed by atoms with E-state index in [9.17, 15) is 20.1 Å². The third-order valence-electron chi connectivity index (χ3n) is 8.22. The molecule has 2 aliphatic carbocycles. The third-order valence-corrected chi connectivity index (χ3v) is 8.22. The van der Waals surface area contributed by atoms with Crippen molar-refractivity contribution in [2.24, 2.45) is 22.7 Å². The molecule has 3 fully saturated rings. The molecule has 0 aromatic rings. The molecule has 29 heavy (non-hydrogen) atoms. The van der Waals surface area contributed by atoms with Crippen LogP contribution < -0.4 is 0 Å². The Labute approximate surface area is 173 Å². The second-order valence-corrected chi connectivity index (χ2v) is 9.67. The molecule has 1 heterocycles. The van der Waals surface area contributed by atoms with Crippen molar-refractivity contribution >= 4 is 5.97 Å². The number of aliphatic carboxylic acids is 1. The second kappa shape index (κ2) is 7.93. The zero-order valence-electron chi connectivity index (χ0n) is 18.0. The summed E-state index contributed by atoms with van der Waals surface area (Å²) >= 11 is 0. The Morgan fingerprint density at radius 3 is 2.55 bits per heavy atom. The first kappa shape index (κ1) is 22.7. The zero-order valence-corrected chi connectivity index (χ0v) is 18.0. The van der Waals surface area contributed by atoms with E-state index >= 15 is 0 Å². The molecule has 3 aliphatic rings. The summed E-state index contributed by atoms with van der Waals surface area (Å²) in [5.41, 5.74) is -1.43. The monoisotopic (exact) mass is 412 g/mol. The van der Waals surface area contributed by atoms with Crippen molar-refractivity contribution in [3.63, 3.8) is 0 Å². The van der Waals surface area contributed by atoms with Gasteiger partial charge in [-0.25, -0.2) is 0 Å². The first-order valence-electron chi connectivity index (χ1n) is 10.6. The molecule has 0 amide bonds. The van der Waals surface area contributed by atoms with Crippen LogP contribution in [-0.4, -0.2) is 59.8 Å². The van der Waals surface area contributed by atoms with Crippen LogP contribution in [0, 0.1) is 22.7 Å². The van der Waals surface area contributed by atoms with E-state index in [0.717, 1.165) is 31.3 Å². The van der Waals surface area contributed by atoms with Gasteiger partial charge in [-0.2, -0.15) is 0 Å². The Morgan fingerprint density at radius 1 is 1.28 bits per heavy atom. The van der Waals surface area contributed by atoms with Crippen LogP contribution in [-0.2, 0) is 19.0 Å². The van der Waals surface area contributed by atoms with Gasteiger partial charge in [0.1, 0.15) is 11.7 Å². The van der Waals surface area contributed by atoms with E-state index in [1.807, 2.05) is 6.92 Å². The molecular weight excluding hydrogens is 376 g/mol. The SMILES string of the molecule is C=C1CC[C@@H]2[C@](C)(CCC[C@]2(C)C(=O)O)[C@@H]1CC[C@]1(O)[C@H](OC)O[C@@H](OC)[C@H]1O. The number of rotatable bonds is 6. The Kier molecular flexibility index (Phi) is 6.20. The minimum absolute atomic E-state index is 0.0566. The molecule has 1 aliphatic heterocycles. The molecule has 2 saturated carbocycles. The summed E-state index contributed by atoms with van der Waals surface area (Å²) in [6, 6.07) is 0. The Morgan fingerprint density at radius 2 is 1.97 bits per heavy atom. The molecule has 0 aromatic carbocycles. The molecule has 8 atom stereocenters. The highest BCUT2D eigenvalue weighted by molar-refractivity contribution is 5.75. The van der Waals surface area contributed by atoms with E-state index in [-0.39, 0.29) is 23.7 Å². The highest BCUT2D eigenvalue weighted by atomic mass is 16.8. The second-order valence-electron chi connectivity index (χ2n) is 9.67. The van der Waals surface area contributed by atoms with Crippen LogP contribution in [0.1, 0.15) is 58.8 Å². The molecule has 166 valence electrons. The molecule has 3 N–H and O–H groups in total. The van der Waals surface area contributed by atoms with Crippen LogP contribution in [0.2, 0.25) is 0 Å². The van der Waals surface area contributed by atoms with E-state index in [0.29, 0.717) is 12.8 Å². The number of ether oxygens (including phenoxy) is 3. The summed E-state index contributed by atoms with van der Waals surface area (Å²) in [6.07, 6.45) is 1.78. The molecule has 1 saturated heterocycles. The van der Waals surface area contributed by atoms with E-state index in [1.54, 1.807) is 0 Å². The molecular formula is C22H36O7. The summed E-state index contributed by atoms with van der Waals surface area (Å²) in [5.74, 6) is -0.600. The van der Waals surface area contributed by atoms with Crippen molar-refractivity contribution in [1.82, 2.24) is 0 Å². The highest BCUT2D eigenvalue weighted by Crippen LogP contribution is 2.62. The highest BCUT2D eigenvalue weighted by Gasteiger charge is 2.60. The van der Waals surface area contributed by atoms with Crippen molar-refractivity contribution in [3.8, 4) is 0 Å². The van der Waals surface area contributed by atoms with Gasteiger partial charge in [-0.15, -0.1) is 0 Å². The lowest BCUT2D eigenvalue weighted by Gasteiger charge is -2.57. The molecule has 0 aromatic heterocycles. The van der Waals surface area contributed by atoms with Crippen molar-refractivity contribution in [1.29, 1.82) is 0 Å². The van der Waals surface area contributed by atoms with Crippen LogP contribution in [0.3, 0.4) is 0 Å². The van der Waals surface area contributed by atoms with E-state index in [1.165, 1.54) is 14.2 Å². The quantitative estimate of drug-likeness (QED) is 0.576. The lowest BCUT2D eigenvalue weighted by atomic mass is 9.46. The third kappa shape index (κ3) is 3.45. The smallest absolute Gasteiger partial charge is 0.309 e. The molecule has 7 heteroatoms. The number of carboxylic acid groups (broad SMARTS) is 1. The average Bonchev–Trinajstić information content (AvgIpc) is 2.91. The molecule has 3 rings (SSSR count). The number of hydrogen-bond acceptors (Lipinski definition) is 6. The van der Waals surface area contributed by atoms with Crippen molar-refractivity contribution < 1.29 is 34.3 Å². The maximum absolute atomic E-state index is 12.1. The van der Waals surface area contributed by atoms with Gasteiger partial charge in [-0.3, -0.25) is 4.79 Å². The number of carboxylic acids is 1. The van der Waals surface area contributed by atoms with Crippen LogP contribution in [0.4, 0.5) is 0 Å². The minimum Gasteiger partial charge on any atom is -0.481 e. The van der Waals surface area contributed by atoms with Gasteiger partial charge in [0.2, 0.25) is 0 Å². The van der Waals surface area contributed by atoms with Gasteiger partial charge >= 0.3 is 5.97 Å². The van der Waals surface area contributed by atoms with Crippen LogP contribution >= 0.6 is 0 Å². The number of aliphatic hydroxyl groups is 2. The van der Waals surface area contributed by atoms with Gasteiger partial charge < -0.3 is 29.5 Å². The predicted molar refractivity (Wildman–Crippen MR) is 106 cm³/mol. The van der Waals surface area contributed by atoms with Gasteiger partial charge in [-0.1, -0.05) is 25.5 Å². The van der Waals surface area contributed by atoms with Gasteiger partial charge in [0, 0.05) is 14.2 Å². The lowest BCUT2D eigenvalue weighted by molar-refractivity contribution is -0.220. The Balaban J connectivity index is 1.84. The number of allylic oxidation sites excluding steroid dienone is 1. The van der Waals surface area contributed by atoms with Gasteiger partial charge in [0.25, 0.3) is 0 Å². The predicted octanol–water partition coefficient (Wildman–Crippen LogP) is 2.70. The maximum Gasteiger partial charge on any atom is 0.309 e. The van der Waals surface area contributed by atoms with Gasteiger partial charge in [-0.05, 0) is 62.7 Å². The minimum atomic E-state index is -1.59. The first-order valence-corrected chi connectivity index (χ1v) is 10.6.